The first-order valence-electron chi connectivity index (χ1n) is 17.3. The smallest absolute Gasteiger partial charge is 0.393 e. The minimum absolute atomic E-state index is 0.00690. The van der Waals surface area contributed by atoms with Crippen molar-refractivity contribution in [1.29, 1.82) is 0 Å². The molecule has 0 radical (unpaired) electrons. The summed E-state index contributed by atoms with van der Waals surface area (Å²) in [6, 6.07) is 0. The number of nitrogen functional groups attached to an aromatic ring is 1. The number of hydrogen-bond donors (Lipinski definition) is 10. The molecule has 0 saturated carbocycles. The summed E-state index contributed by atoms with van der Waals surface area (Å²) in [5, 5.41) is 43.5. The number of nitrogens with one attached hydrogen (secondary N) is 2. The lowest BCUT2D eigenvalue weighted by molar-refractivity contribution is -0.494. The van der Waals surface area contributed by atoms with Gasteiger partial charge in [-0.25, -0.2) is 33.5 Å². The molecule has 0 aromatic carbocycles. The highest BCUT2D eigenvalue weighted by atomic mass is 32.2. The van der Waals surface area contributed by atoms with Crippen molar-refractivity contribution in [3.05, 3.63) is 12.7 Å². The highest BCUT2D eigenvalue weighted by molar-refractivity contribution is 8.13. The third-order valence-corrected chi connectivity index (χ3v) is 10.5. The zero-order valence-electron chi connectivity index (χ0n) is 31.9. The zero-order chi connectivity index (χ0) is 44.9. The highest BCUT2D eigenvalue weighted by Gasteiger charge is 2.49. The number of thioether (sulfide) groups is 1. The molecule has 342 valence electrons. The van der Waals surface area contributed by atoms with E-state index in [2.05, 4.69) is 63.6 Å². The maximum absolute atomic E-state index is 12.5. The Kier molecular flexibility index (Phi) is 20.0. The number of carbonyl (C=O) groups excluding carboxylic acids is 3. The summed E-state index contributed by atoms with van der Waals surface area (Å²) in [5.41, 5.74) is 4.32. The van der Waals surface area contributed by atoms with Crippen LogP contribution in [0.3, 0.4) is 0 Å². The lowest BCUT2D eigenvalue weighted by atomic mass is 9.87. The third kappa shape index (κ3) is 16.9. The van der Waals surface area contributed by atoms with Crippen molar-refractivity contribution in [2.45, 2.75) is 83.2 Å². The van der Waals surface area contributed by atoms with Gasteiger partial charge in [-0.15, -0.1) is 0 Å². The van der Waals surface area contributed by atoms with Crippen LogP contribution in [-0.2, 0) is 70.9 Å². The zero-order valence-corrected chi connectivity index (χ0v) is 35.4. The molecule has 2 aromatic heterocycles. The summed E-state index contributed by atoms with van der Waals surface area (Å²) in [4.78, 5) is 90.9. The van der Waals surface area contributed by atoms with Crippen molar-refractivity contribution >= 4 is 69.1 Å². The van der Waals surface area contributed by atoms with Gasteiger partial charge in [0.2, 0.25) is 11.8 Å². The van der Waals surface area contributed by atoms with Gasteiger partial charge in [0.25, 0.3) is 0 Å². The predicted octanol–water partition coefficient (Wildman–Crippen LogP) is -1.06. The molecule has 1 aliphatic heterocycles. The van der Waals surface area contributed by atoms with Gasteiger partial charge in [0, 0.05) is 37.1 Å². The number of hydrogen-bond acceptors (Lipinski definition) is 23. The number of anilines is 1. The molecule has 0 spiro atoms. The van der Waals surface area contributed by atoms with Crippen LogP contribution in [0, 0.1) is 5.41 Å². The van der Waals surface area contributed by atoms with E-state index in [0.717, 1.165) is 35.4 Å². The number of aliphatic hydroxyl groups is 3. The molecule has 33 heteroatoms. The summed E-state index contributed by atoms with van der Waals surface area (Å²) in [6.07, 6.45) is -5.99. The van der Waals surface area contributed by atoms with Crippen molar-refractivity contribution in [3.8, 4) is 0 Å². The number of rotatable bonds is 27. The Morgan fingerprint density at radius 1 is 1.02 bits per heavy atom. The molecule has 2 aromatic rings. The van der Waals surface area contributed by atoms with Crippen molar-refractivity contribution in [2.75, 3.05) is 37.8 Å². The maximum Gasteiger partial charge on any atom is 0.531 e. The molecule has 0 aliphatic carbocycles. The summed E-state index contributed by atoms with van der Waals surface area (Å²) in [5.74, 6) is -1.21. The van der Waals surface area contributed by atoms with E-state index in [4.69, 9.17) is 10.5 Å². The molecule has 29 nitrogen and oxygen atoms in total. The van der Waals surface area contributed by atoms with Gasteiger partial charge in [0.15, 0.2) is 22.8 Å². The number of phosphoric acid groups is 3. The predicted molar refractivity (Wildman–Crippen MR) is 197 cm³/mol. The Morgan fingerprint density at radius 3 is 2.38 bits per heavy atom. The Bertz CT molecular complexity index is 1890. The molecule has 1 aliphatic rings. The minimum atomic E-state index is -5.51. The fourth-order valence-corrected chi connectivity index (χ4v) is 7.18. The molecule has 3 heterocycles. The topological polar surface area (TPSA) is 421 Å². The van der Waals surface area contributed by atoms with Crippen molar-refractivity contribution in [3.63, 3.8) is 0 Å². The van der Waals surface area contributed by atoms with Crippen LogP contribution in [0.4, 0.5) is 5.82 Å². The van der Waals surface area contributed by atoms with Gasteiger partial charge in [-0.1, -0.05) is 58.0 Å². The van der Waals surface area contributed by atoms with Crippen LogP contribution in [0.15, 0.2) is 12.7 Å². The van der Waals surface area contributed by atoms with Crippen LogP contribution in [0.25, 0.3) is 11.2 Å². The van der Waals surface area contributed by atoms with Crippen LogP contribution in [0.2, 0.25) is 0 Å². The SMILES string of the molecule is CCC[C@H](O)CC(=O)SCCNC(=O)CCNC(=O)C(O)C(C)(C)COP(=O)(O)OOOP(=O)(O)OOOC[C@H]1O[C@@H](n2cnc3c(N)ncnc32)[C@H](O)[C@@H]1OP(=O)(O)O. The number of carbonyl (C=O) groups is 3. The number of amides is 2. The first kappa shape index (κ1) is 51.7. The normalized spacial score (nSPS) is 21.6. The van der Waals surface area contributed by atoms with Crippen molar-refractivity contribution < 1.29 is 106 Å². The molecule has 1 fully saturated rings. The second-order valence-electron chi connectivity index (χ2n) is 13.2. The largest absolute Gasteiger partial charge is 0.531 e. The molecular weight excluding hydrogens is 899 g/mol. The maximum atomic E-state index is 12.5. The van der Waals surface area contributed by atoms with E-state index < -0.39 is 90.7 Å². The molecule has 3 rings (SSSR count). The van der Waals surface area contributed by atoms with E-state index in [9.17, 15) is 63.0 Å². The molecule has 0 bridgehead atoms. The third-order valence-electron chi connectivity index (χ3n) is 7.83. The van der Waals surface area contributed by atoms with E-state index in [-0.39, 0.29) is 53.8 Å². The quantitative estimate of drug-likeness (QED) is 0.0221. The molecule has 2 amide bonds. The van der Waals surface area contributed by atoms with Crippen molar-refractivity contribution in [1.82, 2.24) is 30.2 Å². The average molecular weight is 946 g/mol. The van der Waals surface area contributed by atoms with Gasteiger partial charge in [-0.2, -0.15) is 0 Å². The summed E-state index contributed by atoms with van der Waals surface area (Å²) >= 11 is 0.963. The van der Waals surface area contributed by atoms with E-state index >= 15 is 0 Å². The summed E-state index contributed by atoms with van der Waals surface area (Å²) in [7, 11) is -16.1. The minimum Gasteiger partial charge on any atom is -0.393 e. The Labute approximate surface area is 343 Å². The van der Waals surface area contributed by atoms with Gasteiger partial charge in [0.05, 0.1) is 19.0 Å². The lowest BCUT2D eigenvalue weighted by Gasteiger charge is -2.29. The van der Waals surface area contributed by atoms with Crippen LogP contribution in [-0.4, -0.2) is 134 Å². The monoisotopic (exact) mass is 945 g/mol. The average Bonchev–Trinajstić information content (AvgIpc) is 3.71. The van der Waals surface area contributed by atoms with Crippen LogP contribution >= 0.6 is 35.2 Å². The number of aliphatic hydroxyl groups excluding tert-OH is 3. The summed E-state index contributed by atoms with van der Waals surface area (Å²) in [6.45, 7) is 2.54. The van der Waals surface area contributed by atoms with E-state index in [1.807, 2.05) is 6.92 Å². The number of phosphoric ester groups is 2. The number of nitrogens with zero attached hydrogens (tertiary/aromatic N) is 4. The van der Waals surface area contributed by atoms with Crippen LogP contribution < -0.4 is 16.4 Å². The fraction of sp³-hybridized carbons (Fsp3) is 0.704. The molecule has 8 atom stereocenters. The first-order chi connectivity index (χ1) is 27.9. The van der Waals surface area contributed by atoms with Crippen molar-refractivity contribution in [2.24, 2.45) is 5.41 Å². The van der Waals surface area contributed by atoms with E-state index in [1.165, 1.54) is 13.8 Å². The van der Waals surface area contributed by atoms with Gasteiger partial charge >= 0.3 is 23.5 Å². The Morgan fingerprint density at radius 2 is 1.70 bits per heavy atom. The lowest BCUT2D eigenvalue weighted by Crippen LogP contribution is -2.46. The van der Waals surface area contributed by atoms with E-state index in [1.54, 1.807) is 0 Å². The second-order valence-corrected chi connectivity index (χ2v) is 18.1. The molecular formula is C27H46N7O22P3S. The molecule has 11 N–H and O–H groups in total. The molecule has 1 saturated heterocycles. The van der Waals surface area contributed by atoms with Gasteiger partial charge in [0.1, 0.15) is 42.9 Å². The standard InChI is InChI=1S/C27H46N7O22P3S/c1-4-5-15(35)10-18(37)60-9-8-29-17(36)6-7-30-25(40)22(39)27(2,3)12-49-58(44,45)55-53-56-59(46,47)54-52-48-11-16-21(51-57(41,42)43)20(38)26(50-16)34-14-33-19-23(28)31-13-32-24(19)34/h13-16,20-22,26,35,38-39H,4-12H2,1-3H3,(H,29,36)(H,30,40)(H,44,45)(H,46,47)(H2,28,31,32)(H2,41,42,43)/t15-,16+,20+,21+,22?,26+/m0/s1. The number of aromatic nitrogens is 4. The highest BCUT2D eigenvalue weighted by Crippen LogP contribution is 2.50. The molecule has 3 unspecified atom stereocenters. The Balaban J connectivity index is 1.37. The Hall–Kier alpha value is -2.64. The summed E-state index contributed by atoms with van der Waals surface area (Å²) < 4.78 is 63.6. The second kappa shape index (κ2) is 23.2. The molecule has 60 heavy (non-hydrogen) atoms. The number of ether oxygens (including phenoxy) is 1. The first-order valence-corrected chi connectivity index (χ1v) is 22.8. The van der Waals surface area contributed by atoms with Crippen LogP contribution in [0.5, 0.6) is 0 Å². The number of imidazole rings is 1. The number of fused-ring (bicyclic) bond motifs is 1. The van der Waals surface area contributed by atoms with Gasteiger partial charge in [-0.3, -0.25) is 32.9 Å². The number of nitrogens with two attached hydrogens (primary N) is 1. The van der Waals surface area contributed by atoms with Gasteiger partial charge in [-0.05, 0) is 11.5 Å². The van der Waals surface area contributed by atoms with E-state index in [0.29, 0.717) is 6.42 Å². The van der Waals surface area contributed by atoms with Gasteiger partial charge < -0.3 is 51.1 Å². The fourth-order valence-electron chi connectivity index (χ4n) is 4.92. The van der Waals surface area contributed by atoms with Crippen LogP contribution in [0.1, 0.15) is 52.7 Å².